The summed E-state index contributed by atoms with van der Waals surface area (Å²) < 4.78 is 0. The zero-order chi connectivity index (χ0) is 15.9. The van der Waals surface area contributed by atoms with E-state index in [1.54, 1.807) is 11.3 Å². The van der Waals surface area contributed by atoms with E-state index in [4.69, 9.17) is 0 Å². The summed E-state index contributed by atoms with van der Waals surface area (Å²) >= 11 is 1.73. The number of nitrogens with one attached hydrogen (secondary N) is 2. The molecule has 0 unspecified atom stereocenters. The zero-order valence-corrected chi connectivity index (χ0v) is 14.1. The second-order valence-electron chi connectivity index (χ2n) is 6.13. The Morgan fingerprint density at radius 3 is 2.95 bits per heavy atom. The van der Waals surface area contributed by atoms with Gasteiger partial charge in [0.05, 0.1) is 6.54 Å². The monoisotopic (exact) mass is 323 g/mol. The van der Waals surface area contributed by atoms with Gasteiger partial charge in [0.15, 0.2) is 0 Å². The van der Waals surface area contributed by atoms with Crippen LogP contribution in [0.15, 0.2) is 17.5 Å². The van der Waals surface area contributed by atoms with Gasteiger partial charge in [-0.05, 0) is 43.2 Å². The smallest absolute Gasteiger partial charge is 0.321 e. The van der Waals surface area contributed by atoms with Crippen molar-refractivity contribution in [2.45, 2.75) is 39.2 Å². The number of hydrogen-bond acceptors (Lipinski definition) is 4. The van der Waals surface area contributed by atoms with Crippen molar-refractivity contribution in [2.75, 3.05) is 19.6 Å². The molecule has 6 heteroatoms. The Hall–Kier alpha value is -1.40. The van der Waals surface area contributed by atoms with Crippen LogP contribution in [-0.4, -0.2) is 36.5 Å². The molecule has 1 aromatic heterocycles. The molecule has 22 heavy (non-hydrogen) atoms. The Morgan fingerprint density at radius 1 is 1.45 bits per heavy atom. The molecule has 2 N–H and O–H groups in total. The molecule has 1 aliphatic rings. The van der Waals surface area contributed by atoms with Crippen LogP contribution < -0.4 is 10.6 Å². The summed E-state index contributed by atoms with van der Waals surface area (Å²) in [4.78, 5) is 27.1. The van der Waals surface area contributed by atoms with Gasteiger partial charge in [0.1, 0.15) is 0 Å². The number of carbonyl (C=O) groups excluding carboxylic acids is 2. The average molecular weight is 323 g/mol. The third-order valence-corrected chi connectivity index (χ3v) is 4.82. The summed E-state index contributed by atoms with van der Waals surface area (Å²) in [6.45, 7) is 5.98. The maximum Gasteiger partial charge on any atom is 0.321 e. The normalized spacial score (nSPS) is 18.6. The molecule has 0 spiro atoms. The van der Waals surface area contributed by atoms with E-state index < -0.39 is 6.03 Å². The highest BCUT2D eigenvalue weighted by atomic mass is 32.1. The number of urea groups is 1. The van der Waals surface area contributed by atoms with Gasteiger partial charge in [0.2, 0.25) is 5.91 Å². The highest BCUT2D eigenvalue weighted by molar-refractivity contribution is 7.10. The van der Waals surface area contributed by atoms with Crippen molar-refractivity contribution in [3.8, 4) is 0 Å². The summed E-state index contributed by atoms with van der Waals surface area (Å²) in [7, 11) is 0. The molecule has 0 bridgehead atoms. The molecule has 1 aliphatic heterocycles. The third-order valence-electron chi connectivity index (χ3n) is 3.84. The molecule has 1 aromatic rings. The SMILES string of the molecule is CC(C)CCNC(=O)NC(=O)CN1CCC[C@H]1c1cccs1. The molecular formula is C16H25N3O2S. The number of likely N-dealkylation sites (tertiary alicyclic amines) is 1. The maximum atomic E-state index is 12.0. The fourth-order valence-electron chi connectivity index (χ4n) is 2.69. The first-order valence-corrected chi connectivity index (χ1v) is 8.79. The zero-order valence-electron chi connectivity index (χ0n) is 13.3. The van der Waals surface area contributed by atoms with Crippen molar-refractivity contribution >= 4 is 23.3 Å². The minimum Gasteiger partial charge on any atom is -0.338 e. The number of carbonyl (C=O) groups is 2. The molecule has 3 amide bonds. The van der Waals surface area contributed by atoms with E-state index in [1.165, 1.54) is 4.88 Å². The Kier molecular flexibility index (Phi) is 6.39. The lowest BCUT2D eigenvalue weighted by Crippen LogP contribution is -2.44. The molecule has 2 rings (SSSR count). The van der Waals surface area contributed by atoms with Crippen LogP contribution in [0.25, 0.3) is 0 Å². The fraction of sp³-hybridized carbons (Fsp3) is 0.625. The quantitative estimate of drug-likeness (QED) is 0.846. The lowest BCUT2D eigenvalue weighted by Gasteiger charge is -2.22. The number of hydrogen-bond donors (Lipinski definition) is 2. The van der Waals surface area contributed by atoms with Crippen molar-refractivity contribution in [1.82, 2.24) is 15.5 Å². The number of nitrogens with zero attached hydrogens (tertiary/aromatic N) is 1. The predicted octanol–water partition coefficient (Wildman–Crippen LogP) is 2.76. The Balaban J connectivity index is 1.75. The van der Waals surface area contributed by atoms with E-state index in [0.29, 0.717) is 18.5 Å². The fourth-order valence-corrected chi connectivity index (χ4v) is 3.58. The van der Waals surface area contributed by atoms with Crippen LogP contribution in [-0.2, 0) is 4.79 Å². The van der Waals surface area contributed by atoms with Crippen molar-refractivity contribution in [1.29, 1.82) is 0 Å². The number of amides is 3. The molecule has 0 radical (unpaired) electrons. The Morgan fingerprint density at radius 2 is 2.27 bits per heavy atom. The summed E-state index contributed by atoms with van der Waals surface area (Å²) in [5, 5.41) is 7.20. The topological polar surface area (TPSA) is 61.4 Å². The molecule has 0 aromatic carbocycles. The first-order valence-electron chi connectivity index (χ1n) is 7.91. The van der Waals surface area contributed by atoms with Gasteiger partial charge in [-0.1, -0.05) is 19.9 Å². The van der Waals surface area contributed by atoms with Gasteiger partial charge in [-0.2, -0.15) is 0 Å². The number of rotatable bonds is 6. The van der Waals surface area contributed by atoms with E-state index in [-0.39, 0.29) is 12.5 Å². The second kappa shape index (κ2) is 8.29. The summed E-state index contributed by atoms with van der Waals surface area (Å²) in [5.74, 6) is 0.303. The Labute approximate surface area is 136 Å². The van der Waals surface area contributed by atoms with Gasteiger partial charge < -0.3 is 5.32 Å². The molecule has 1 atom stereocenters. The highest BCUT2D eigenvalue weighted by Crippen LogP contribution is 2.33. The lowest BCUT2D eigenvalue weighted by molar-refractivity contribution is -0.121. The van der Waals surface area contributed by atoms with Crippen LogP contribution in [0.3, 0.4) is 0 Å². The minimum absolute atomic E-state index is 0.231. The van der Waals surface area contributed by atoms with E-state index >= 15 is 0 Å². The van der Waals surface area contributed by atoms with Crippen LogP contribution in [0.5, 0.6) is 0 Å². The predicted molar refractivity (Wildman–Crippen MR) is 88.9 cm³/mol. The van der Waals surface area contributed by atoms with Gasteiger partial charge in [0, 0.05) is 17.5 Å². The van der Waals surface area contributed by atoms with E-state index in [1.807, 2.05) is 6.07 Å². The number of thiophene rings is 1. The van der Waals surface area contributed by atoms with Crippen LogP contribution in [0.1, 0.15) is 44.0 Å². The highest BCUT2D eigenvalue weighted by Gasteiger charge is 2.28. The number of imide groups is 1. The van der Waals surface area contributed by atoms with Crippen molar-refractivity contribution in [2.24, 2.45) is 5.92 Å². The lowest BCUT2D eigenvalue weighted by atomic mass is 10.1. The van der Waals surface area contributed by atoms with Gasteiger partial charge in [0.25, 0.3) is 0 Å². The molecular weight excluding hydrogens is 298 g/mol. The van der Waals surface area contributed by atoms with Crippen LogP contribution in [0.2, 0.25) is 0 Å². The van der Waals surface area contributed by atoms with Crippen molar-refractivity contribution < 1.29 is 9.59 Å². The van der Waals surface area contributed by atoms with Crippen molar-refractivity contribution in [3.63, 3.8) is 0 Å². The summed E-state index contributed by atoms with van der Waals surface area (Å²) in [6, 6.07) is 4.08. The first kappa shape index (κ1) is 17.0. The molecule has 0 aliphatic carbocycles. The minimum atomic E-state index is -0.391. The van der Waals surface area contributed by atoms with Gasteiger partial charge in [-0.15, -0.1) is 11.3 Å². The first-order chi connectivity index (χ1) is 10.6. The molecule has 0 saturated carbocycles. The van der Waals surface area contributed by atoms with Crippen LogP contribution in [0.4, 0.5) is 4.79 Å². The van der Waals surface area contributed by atoms with Gasteiger partial charge in [-0.3, -0.25) is 15.0 Å². The van der Waals surface area contributed by atoms with Gasteiger partial charge >= 0.3 is 6.03 Å². The Bertz CT molecular complexity index is 488. The van der Waals surface area contributed by atoms with E-state index in [2.05, 4.69) is 40.8 Å². The molecule has 1 fully saturated rings. The molecule has 5 nitrogen and oxygen atoms in total. The van der Waals surface area contributed by atoms with Crippen LogP contribution in [0, 0.1) is 5.92 Å². The molecule has 2 heterocycles. The summed E-state index contributed by atoms with van der Waals surface area (Å²) in [5.41, 5.74) is 0. The largest absolute Gasteiger partial charge is 0.338 e. The van der Waals surface area contributed by atoms with Crippen LogP contribution >= 0.6 is 11.3 Å². The summed E-state index contributed by atoms with van der Waals surface area (Å²) in [6.07, 6.45) is 3.08. The van der Waals surface area contributed by atoms with E-state index in [9.17, 15) is 9.59 Å². The maximum absolute atomic E-state index is 12.0. The molecule has 1 saturated heterocycles. The molecule has 122 valence electrons. The third kappa shape index (κ3) is 5.10. The van der Waals surface area contributed by atoms with Gasteiger partial charge in [-0.25, -0.2) is 4.79 Å². The van der Waals surface area contributed by atoms with E-state index in [0.717, 1.165) is 25.8 Å². The second-order valence-corrected chi connectivity index (χ2v) is 7.11. The standard InChI is InChI=1S/C16H25N3O2S/c1-12(2)7-8-17-16(21)18-15(20)11-19-9-3-5-13(19)14-6-4-10-22-14/h4,6,10,12-13H,3,5,7-9,11H2,1-2H3,(H2,17,18,20,21)/t13-/m0/s1. The van der Waals surface area contributed by atoms with Crippen molar-refractivity contribution in [3.05, 3.63) is 22.4 Å². The average Bonchev–Trinajstić information content (AvgIpc) is 3.07.